The molecule has 108 valence electrons. The highest BCUT2D eigenvalue weighted by Gasteiger charge is 2.02. The first kappa shape index (κ1) is 15.3. The lowest BCUT2D eigenvalue weighted by atomic mass is 10.2. The van der Waals surface area contributed by atoms with Crippen LogP contribution in [-0.4, -0.2) is 13.0 Å². The molecule has 0 spiro atoms. The maximum absolute atomic E-state index is 5.86. The van der Waals surface area contributed by atoms with Gasteiger partial charge in [-0.25, -0.2) is 0 Å². The summed E-state index contributed by atoms with van der Waals surface area (Å²) < 4.78 is 11.1. The number of hydrogen-bond donors (Lipinski definition) is 0. The Hall–Kier alpha value is -2.11. The van der Waals surface area contributed by atoms with E-state index in [2.05, 4.69) is 11.8 Å². The van der Waals surface area contributed by atoms with E-state index in [9.17, 15) is 0 Å². The summed E-state index contributed by atoms with van der Waals surface area (Å²) in [5.74, 6) is 8.26. The third kappa shape index (κ3) is 4.73. The molecule has 0 unspecified atom stereocenters. The largest absolute Gasteiger partial charge is 0.497 e. The van der Waals surface area contributed by atoms with E-state index in [1.165, 1.54) is 0 Å². The Kier molecular flexibility index (Phi) is 5.99. The molecular formula is C18H17ClO2. The molecule has 0 saturated carbocycles. The third-order valence-corrected chi connectivity index (χ3v) is 3.05. The van der Waals surface area contributed by atoms with Crippen molar-refractivity contribution in [2.24, 2.45) is 0 Å². The van der Waals surface area contributed by atoms with Crippen LogP contribution in [0.3, 0.4) is 0 Å². The molecule has 0 aliphatic carbocycles. The SMILES string of the molecule is COc1cccc(COc2ccccc2C#CCCCl)c1. The Morgan fingerprint density at radius 2 is 1.95 bits per heavy atom. The van der Waals surface area contributed by atoms with Crippen LogP contribution in [0.5, 0.6) is 11.5 Å². The number of para-hydroxylation sites is 1. The molecule has 0 amide bonds. The van der Waals surface area contributed by atoms with Gasteiger partial charge in [-0.3, -0.25) is 0 Å². The number of methoxy groups -OCH3 is 1. The molecule has 0 saturated heterocycles. The highest BCUT2D eigenvalue weighted by Crippen LogP contribution is 2.20. The van der Waals surface area contributed by atoms with Gasteiger partial charge in [0.2, 0.25) is 0 Å². The number of rotatable bonds is 5. The molecule has 2 rings (SSSR count). The molecule has 0 fully saturated rings. The van der Waals surface area contributed by atoms with E-state index < -0.39 is 0 Å². The van der Waals surface area contributed by atoms with E-state index in [1.807, 2.05) is 48.5 Å². The molecule has 0 radical (unpaired) electrons. The van der Waals surface area contributed by atoms with Crippen molar-refractivity contribution < 1.29 is 9.47 Å². The zero-order chi connectivity index (χ0) is 14.9. The Bertz CT molecular complexity index is 641. The minimum absolute atomic E-state index is 0.478. The molecule has 0 N–H and O–H groups in total. The van der Waals surface area contributed by atoms with E-state index in [4.69, 9.17) is 21.1 Å². The second kappa shape index (κ2) is 8.24. The van der Waals surface area contributed by atoms with E-state index in [-0.39, 0.29) is 0 Å². The smallest absolute Gasteiger partial charge is 0.135 e. The van der Waals surface area contributed by atoms with Gasteiger partial charge >= 0.3 is 0 Å². The summed E-state index contributed by atoms with van der Waals surface area (Å²) in [6.45, 7) is 0.478. The van der Waals surface area contributed by atoms with E-state index in [0.29, 0.717) is 18.9 Å². The molecule has 2 nitrogen and oxygen atoms in total. The average Bonchev–Trinajstić information content (AvgIpc) is 2.54. The summed E-state index contributed by atoms with van der Waals surface area (Å²) >= 11 is 5.63. The van der Waals surface area contributed by atoms with Crippen molar-refractivity contribution in [3.8, 4) is 23.3 Å². The van der Waals surface area contributed by atoms with Gasteiger partial charge in [-0.05, 0) is 29.8 Å². The van der Waals surface area contributed by atoms with Crippen LogP contribution in [0.25, 0.3) is 0 Å². The van der Waals surface area contributed by atoms with Gasteiger partial charge in [0.05, 0.1) is 12.7 Å². The van der Waals surface area contributed by atoms with Crippen molar-refractivity contribution in [1.82, 2.24) is 0 Å². The van der Waals surface area contributed by atoms with Crippen LogP contribution in [0, 0.1) is 11.8 Å². The Morgan fingerprint density at radius 1 is 1.10 bits per heavy atom. The average molecular weight is 301 g/mol. The fraction of sp³-hybridized carbons (Fsp3) is 0.222. The van der Waals surface area contributed by atoms with E-state index in [1.54, 1.807) is 7.11 Å². The second-order valence-corrected chi connectivity index (χ2v) is 4.76. The third-order valence-electron chi connectivity index (χ3n) is 2.86. The van der Waals surface area contributed by atoms with Crippen LogP contribution in [0.2, 0.25) is 0 Å². The molecule has 3 heteroatoms. The predicted molar refractivity (Wildman–Crippen MR) is 86.0 cm³/mol. The van der Waals surface area contributed by atoms with Crippen LogP contribution in [-0.2, 0) is 6.61 Å². The van der Waals surface area contributed by atoms with Gasteiger partial charge in [0.15, 0.2) is 0 Å². The van der Waals surface area contributed by atoms with Crippen molar-refractivity contribution in [1.29, 1.82) is 0 Å². The van der Waals surface area contributed by atoms with Crippen LogP contribution in [0.15, 0.2) is 48.5 Å². The molecule has 2 aromatic carbocycles. The normalized spacial score (nSPS) is 9.62. The number of ether oxygens (including phenoxy) is 2. The maximum atomic E-state index is 5.86. The first-order valence-corrected chi connectivity index (χ1v) is 7.26. The van der Waals surface area contributed by atoms with Gasteiger partial charge in [0.1, 0.15) is 18.1 Å². The van der Waals surface area contributed by atoms with Crippen molar-refractivity contribution in [2.75, 3.05) is 13.0 Å². The number of halogens is 1. The quantitative estimate of drug-likeness (QED) is 0.607. The van der Waals surface area contributed by atoms with Crippen molar-refractivity contribution in [3.05, 3.63) is 59.7 Å². The Balaban J connectivity index is 2.07. The van der Waals surface area contributed by atoms with Gasteiger partial charge in [0, 0.05) is 12.3 Å². The lowest BCUT2D eigenvalue weighted by molar-refractivity contribution is 0.304. The summed E-state index contributed by atoms with van der Waals surface area (Å²) in [4.78, 5) is 0. The fourth-order valence-electron chi connectivity index (χ4n) is 1.82. The molecule has 0 heterocycles. The number of benzene rings is 2. The van der Waals surface area contributed by atoms with Crippen LogP contribution in [0.4, 0.5) is 0 Å². The molecule has 0 atom stereocenters. The van der Waals surface area contributed by atoms with E-state index >= 15 is 0 Å². The van der Waals surface area contributed by atoms with Crippen LogP contribution in [0.1, 0.15) is 17.5 Å². The lowest BCUT2D eigenvalue weighted by Gasteiger charge is -2.09. The Labute approximate surface area is 130 Å². The van der Waals surface area contributed by atoms with Crippen LogP contribution < -0.4 is 9.47 Å². The van der Waals surface area contributed by atoms with Gasteiger partial charge in [-0.1, -0.05) is 36.1 Å². The number of hydrogen-bond acceptors (Lipinski definition) is 2. The van der Waals surface area contributed by atoms with Crippen LogP contribution >= 0.6 is 11.6 Å². The molecule has 2 aromatic rings. The predicted octanol–water partition coefficient (Wildman–Crippen LogP) is 4.25. The first-order chi connectivity index (χ1) is 10.3. The molecule has 0 aliphatic heterocycles. The summed E-state index contributed by atoms with van der Waals surface area (Å²) in [6, 6.07) is 15.6. The first-order valence-electron chi connectivity index (χ1n) is 6.73. The molecular weight excluding hydrogens is 284 g/mol. The monoisotopic (exact) mass is 300 g/mol. The standard InChI is InChI=1S/C18H17ClO2/c1-20-17-10-6-7-15(13-17)14-21-18-11-3-2-8-16(18)9-4-5-12-19/h2-3,6-8,10-11,13H,5,12,14H2,1H3. The molecule has 0 bridgehead atoms. The minimum atomic E-state index is 0.478. The highest BCUT2D eigenvalue weighted by atomic mass is 35.5. The summed E-state index contributed by atoms with van der Waals surface area (Å²) in [6.07, 6.45) is 0.672. The van der Waals surface area contributed by atoms with Crippen molar-refractivity contribution in [2.45, 2.75) is 13.0 Å². The summed E-state index contributed by atoms with van der Waals surface area (Å²) in [5.41, 5.74) is 1.93. The zero-order valence-electron chi connectivity index (χ0n) is 11.9. The molecule has 0 aromatic heterocycles. The van der Waals surface area contributed by atoms with Gasteiger partial charge in [-0.2, -0.15) is 0 Å². The molecule has 21 heavy (non-hydrogen) atoms. The van der Waals surface area contributed by atoms with E-state index in [0.717, 1.165) is 22.6 Å². The molecule has 0 aliphatic rings. The number of alkyl halides is 1. The highest BCUT2D eigenvalue weighted by molar-refractivity contribution is 6.18. The minimum Gasteiger partial charge on any atom is -0.497 e. The van der Waals surface area contributed by atoms with Gasteiger partial charge < -0.3 is 9.47 Å². The zero-order valence-corrected chi connectivity index (χ0v) is 12.7. The Morgan fingerprint density at radius 3 is 2.76 bits per heavy atom. The van der Waals surface area contributed by atoms with Crippen molar-refractivity contribution >= 4 is 11.6 Å². The van der Waals surface area contributed by atoms with Gasteiger partial charge in [-0.15, -0.1) is 11.6 Å². The topological polar surface area (TPSA) is 18.5 Å². The summed E-state index contributed by atoms with van der Waals surface area (Å²) in [5, 5.41) is 0. The lowest BCUT2D eigenvalue weighted by Crippen LogP contribution is -1.97. The fourth-order valence-corrected chi connectivity index (χ4v) is 1.92. The summed E-state index contributed by atoms with van der Waals surface area (Å²) in [7, 11) is 1.65. The van der Waals surface area contributed by atoms with Crippen molar-refractivity contribution in [3.63, 3.8) is 0 Å². The maximum Gasteiger partial charge on any atom is 0.135 e. The second-order valence-electron chi connectivity index (χ2n) is 4.38. The van der Waals surface area contributed by atoms with Gasteiger partial charge in [0.25, 0.3) is 0 Å².